The van der Waals surface area contributed by atoms with E-state index in [1.165, 1.54) is 4.90 Å². The van der Waals surface area contributed by atoms with Gasteiger partial charge in [0.25, 0.3) is 0 Å². The van der Waals surface area contributed by atoms with Gasteiger partial charge in [-0.3, -0.25) is 4.79 Å². The number of likely N-dealkylation sites (N-methyl/N-ethyl adjacent to an activating group) is 1. The lowest BCUT2D eigenvalue weighted by molar-refractivity contribution is -0.118. The van der Waals surface area contributed by atoms with Crippen LogP contribution in [-0.4, -0.2) is 13.0 Å². The van der Waals surface area contributed by atoms with Crippen molar-refractivity contribution in [3.05, 3.63) is 46.7 Å². The Morgan fingerprint density at radius 2 is 2.00 bits per heavy atom. The number of thioether (sulfide) groups is 1. The van der Waals surface area contributed by atoms with E-state index in [-0.39, 0.29) is 11.2 Å². The van der Waals surface area contributed by atoms with Gasteiger partial charge in [0.1, 0.15) is 5.25 Å². The predicted octanol–water partition coefficient (Wildman–Crippen LogP) is 3.56. The first kappa shape index (κ1) is 10.9. The summed E-state index contributed by atoms with van der Waals surface area (Å²) in [6.45, 7) is 0. The van der Waals surface area contributed by atoms with Gasteiger partial charge in [0.2, 0.25) is 5.91 Å². The van der Waals surface area contributed by atoms with Gasteiger partial charge in [0.15, 0.2) is 0 Å². The van der Waals surface area contributed by atoms with E-state index in [4.69, 9.17) is 0 Å². The van der Waals surface area contributed by atoms with Crippen LogP contribution in [0.3, 0.4) is 0 Å². The average Bonchev–Trinajstić information content (AvgIpc) is 2.87. The van der Waals surface area contributed by atoms with Crippen molar-refractivity contribution in [2.24, 2.45) is 0 Å². The number of anilines is 1. The summed E-state index contributed by atoms with van der Waals surface area (Å²) in [5.41, 5.74) is 1.01. The topological polar surface area (TPSA) is 20.3 Å². The Bertz CT molecular complexity index is 550. The summed E-state index contributed by atoms with van der Waals surface area (Å²) in [6, 6.07) is 12.1. The first-order valence-electron chi connectivity index (χ1n) is 5.34. The third kappa shape index (κ3) is 1.77. The molecule has 2 nitrogen and oxygen atoms in total. The number of hydrogen-bond acceptors (Lipinski definition) is 3. The summed E-state index contributed by atoms with van der Waals surface area (Å²) in [7, 11) is 1.85. The lowest BCUT2D eigenvalue weighted by atomic mass is 10.2. The predicted molar refractivity (Wildman–Crippen MR) is 72.8 cm³/mol. The summed E-state index contributed by atoms with van der Waals surface area (Å²) in [5, 5.41) is 1.93. The van der Waals surface area contributed by atoms with Crippen LogP contribution in [0, 0.1) is 0 Å². The zero-order valence-corrected chi connectivity index (χ0v) is 10.9. The quantitative estimate of drug-likeness (QED) is 0.782. The van der Waals surface area contributed by atoms with Gasteiger partial charge >= 0.3 is 0 Å². The lowest BCUT2D eigenvalue weighted by Gasteiger charge is -2.30. The Kier molecular flexibility index (Phi) is 2.68. The molecular formula is C13H11NOS2. The number of hydrogen-bond donors (Lipinski definition) is 0. The molecule has 0 fully saturated rings. The highest BCUT2D eigenvalue weighted by molar-refractivity contribution is 8.00. The maximum atomic E-state index is 12.3. The van der Waals surface area contributed by atoms with Crippen LogP contribution in [0.2, 0.25) is 0 Å². The maximum absolute atomic E-state index is 12.3. The van der Waals surface area contributed by atoms with E-state index in [2.05, 4.69) is 6.07 Å². The minimum absolute atomic E-state index is 0.0881. The van der Waals surface area contributed by atoms with Crippen molar-refractivity contribution in [3.63, 3.8) is 0 Å². The minimum atomic E-state index is -0.0881. The highest BCUT2D eigenvalue weighted by Gasteiger charge is 2.32. The van der Waals surface area contributed by atoms with Gasteiger partial charge in [-0.15, -0.1) is 23.1 Å². The first-order chi connectivity index (χ1) is 8.27. The minimum Gasteiger partial charge on any atom is -0.313 e. The molecule has 1 aliphatic rings. The highest BCUT2D eigenvalue weighted by atomic mass is 32.2. The fourth-order valence-electron chi connectivity index (χ4n) is 1.93. The summed E-state index contributed by atoms with van der Waals surface area (Å²) >= 11 is 3.29. The molecule has 4 heteroatoms. The van der Waals surface area contributed by atoms with E-state index in [9.17, 15) is 4.79 Å². The van der Waals surface area contributed by atoms with Gasteiger partial charge in [-0.1, -0.05) is 18.2 Å². The van der Waals surface area contributed by atoms with Crippen LogP contribution in [0.5, 0.6) is 0 Å². The summed E-state index contributed by atoms with van der Waals surface area (Å²) in [6.07, 6.45) is 0. The van der Waals surface area contributed by atoms with Crippen molar-refractivity contribution in [3.8, 4) is 0 Å². The molecule has 2 heterocycles. The molecule has 2 aromatic rings. The lowest BCUT2D eigenvalue weighted by Crippen LogP contribution is -2.33. The zero-order valence-electron chi connectivity index (χ0n) is 9.29. The monoisotopic (exact) mass is 261 g/mol. The molecule has 0 radical (unpaired) electrons. The van der Waals surface area contributed by atoms with Crippen molar-refractivity contribution in [1.29, 1.82) is 0 Å². The molecule has 17 heavy (non-hydrogen) atoms. The van der Waals surface area contributed by atoms with Crippen LogP contribution in [0.25, 0.3) is 0 Å². The number of benzene rings is 1. The summed E-state index contributed by atoms with van der Waals surface area (Å²) < 4.78 is 0. The second-order valence-corrected chi connectivity index (χ2v) is 6.00. The highest BCUT2D eigenvalue weighted by Crippen LogP contribution is 2.46. The van der Waals surface area contributed by atoms with Crippen molar-refractivity contribution >= 4 is 34.7 Å². The standard InChI is InChI=1S/C13H11NOS2/c1-14-9-5-2-3-6-10(9)17-12(13(14)15)11-7-4-8-16-11/h2-8,12H,1H3. The summed E-state index contributed by atoms with van der Waals surface area (Å²) in [4.78, 5) is 16.4. The molecule has 1 aliphatic heterocycles. The normalized spacial score (nSPS) is 19.2. The third-order valence-corrected chi connectivity index (χ3v) is 5.20. The van der Waals surface area contributed by atoms with Crippen LogP contribution < -0.4 is 4.90 Å². The van der Waals surface area contributed by atoms with E-state index >= 15 is 0 Å². The van der Waals surface area contributed by atoms with Crippen LogP contribution in [0.4, 0.5) is 5.69 Å². The van der Waals surface area contributed by atoms with Crippen LogP contribution in [0.1, 0.15) is 10.1 Å². The van der Waals surface area contributed by atoms with Gasteiger partial charge in [-0.25, -0.2) is 0 Å². The number of rotatable bonds is 1. The molecule has 3 rings (SSSR count). The van der Waals surface area contributed by atoms with Gasteiger partial charge in [-0.05, 0) is 23.6 Å². The van der Waals surface area contributed by atoms with E-state index < -0.39 is 0 Å². The molecule has 1 aromatic heterocycles. The van der Waals surface area contributed by atoms with Crippen molar-refractivity contribution < 1.29 is 4.79 Å². The third-order valence-electron chi connectivity index (χ3n) is 2.83. The Morgan fingerprint density at radius 3 is 2.76 bits per heavy atom. The second kappa shape index (κ2) is 4.20. The number of thiophene rings is 1. The van der Waals surface area contributed by atoms with E-state index in [1.54, 1.807) is 28.0 Å². The molecule has 0 aliphatic carbocycles. The van der Waals surface area contributed by atoms with Crippen molar-refractivity contribution in [1.82, 2.24) is 0 Å². The van der Waals surface area contributed by atoms with Crippen LogP contribution in [-0.2, 0) is 4.79 Å². The maximum Gasteiger partial charge on any atom is 0.245 e. The van der Waals surface area contributed by atoms with Crippen molar-refractivity contribution in [2.75, 3.05) is 11.9 Å². The zero-order chi connectivity index (χ0) is 11.8. The molecule has 1 aromatic carbocycles. The molecule has 0 saturated heterocycles. The van der Waals surface area contributed by atoms with Crippen LogP contribution >= 0.6 is 23.1 Å². The molecule has 0 saturated carbocycles. The Labute approximate surface area is 108 Å². The van der Waals surface area contributed by atoms with E-state index in [0.29, 0.717) is 0 Å². The van der Waals surface area contributed by atoms with Gasteiger partial charge in [-0.2, -0.15) is 0 Å². The molecule has 1 unspecified atom stereocenters. The number of nitrogens with zero attached hydrogens (tertiary/aromatic N) is 1. The SMILES string of the molecule is CN1C(=O)C(c2cccs2)Sc2ccccc21. The molecule has 86 valence electrons. The number of carbonyl (C=O) groups is 1. The number of carbonyl (C=O) groups excluding carboxylic acids is 1. The molecule has 0 bridgehead atoms. The van der Waals surface area contributed by atoms with Gasteiger partial charge < -0.3 is 4.90 Å². The van der Waals surface area contributed by atoms with E-state index in [1.807, 2.05) is 42.8 Å². The smallest absolute Gasteiger partial charge is 0.245 e. The largest absolute Gasteiger partial charge is 0.313 e. The van der Waals surface area contributed by atoms with Crippen molar-refractivity contribution in [2.45, 2.75) is 10.1 Å². The molecule has 0 N–H and O–H groups in total. The molecular weight excluding hydrogens is 250 g/mol. The van der Waals surface area contributed by atoms with E-state index in [0.717, 1.165) is 10.6 Å². The fraction of sp³-hybridized carbons (Fsp3) is 0.154. The molecule has 1 atom stereocenters. The Morgan fingerprint density at radius 1 is 1.18 bits per heavy atom. The fourth-order valence-corrected chi connectivity index (χ4v) is 4.12. The number of amides is 1. The molecule has 1 amide bonds. The second-order valence-electron chi connectivity index (χ2n) is 3.88. The first-order valence-corrected chi connectivity index (χ1v) is 7.10. The number of para-hydroxylation sites is 1. The Balaban J connectivity index is 2.05. The van der Waals surface area contributed by atoms with Crippen LogP contribution in [0.15, 0.2) is 46.7 Å². The summed E-state index contributed by atoms with van der Waals surface area (Å²) in [5.74, 6) is 0.163. The number of fused-ring (bicyclic) bond motifs is 1. The Hall–Kier alpha value is -1.26. The van der Waals surface area contributed by atoms with Gasteiger partial charge in [0, 0.05) is 16.8 Å². The van der Waals surface area contributed by atoms with Gasteiger partial charge in [0.05, 0.1) is 5.69 Å². The molecule has 0 spiro atoms. The average molecular weight is 261 g/mol.